The second-order valence-electron chi connectivity index (χ2n) is 5.50. The molecule has 1 aliphatic rings. The lowest BCUT2D eigenvalue weighted by Gasteiger charge is -2.32. The third-order valence-electron chi connectivity index (χ3n) is 3.98. The minimum absolute atomic E-state index is 0.0630. The standard InChI is InChI=1S/C13H18ClN7O/c1-19-10(14)5-16-11(19)7-20-4-2-3-9(6-20)21-8-17-13(18-21)12(15)22/h5,8-9H,2-4,6-7H2,1H3,(H2,15,22). The van der Waals surface area contributed by atoms with Crippen LogP contribution in [-0.2, 0) is 13.6 Å². The van der Waals surface area contributed by atoms with Crippen molar-refractivity contribution in [2.75, 3.05) is 13.1 Å². The van der Waals surface area contributed by atoms with E-state index < -0.39 is 5.91 Å². The fourth-order valence-electron chi connectivity index (χ4n) is 2.73. The number of rotatable bonds is 4. The molecule has 1 amide bonds. The molecule has 2 aromatic heterocycles. The first kappa shape index (κ1) is 15.0. The van der Waals surface area contributed by atoms with E-state index in [4.69, 9.17) is 17.3 Å². The van der Waals surface area contributed by atoms with E-state index in [0.29, 0.717) is 5.15 Å². The number of likely N-dealkylation sites (tertiary alicyclic amines) is 1. The summed E-state index contributed by atoms with van der Waals surface area (Å²) in [6, 6.07) is 0.185. The van der Waals surface area contributed by atoms with Crippen LogP contribution in [0.25, 0.3) is 0 Å². The van der Waals surface area contributed by atoms with Gasteiger partial charge >= 0.3 is 0 Å². The predicted molar refractivity (Wildman–Crippen MR) is 80.3 cm³/mol. The molecule has 118 valence electrons. The molecule has 8 nitrogen and oxygen atoms in total. The van der Waals surface area contributed by atoms with E-state index in [2.05, 4.69) is 20.0 Å². The van der Waals surface area contributed by atoms with Gasteiger partial charge in [-0.2, -0.15) is 0 Å². The van der Waals surface area contributed by atoms with Gasteiger partial charge in [0.15, 0.2) is 0 Å². The summed E-state index contributed by atoms with van der Waals surface area (Å²) in [5.41, 5.74) is 5.19. The Balaban J connectivity index is 1.68. The Morgan fingerprint density at radius 2 is 2.32 bits per heavy atom. The van der Waals surface area contributed by atoms with Gasteiger partial charge in [-0.3, -0.25) is 9.69 Å². The van der Waals surface area contributed by atoms with Gasteiger partial charge in [-0.25, -0.2) is 14.6 Å². The Kier molecular flexibility index (Phi) is 4.12. The van der Waals surface area contributed by atoms with Crippen molar-refractivity contribution in [1.29, 1.82) is 0 Å². The number of carbonyl (C=O) groups excluding carboxylic acids is 1. The fraction of sp³-hybridized carbons (Fsp3) is 0.538. The van der Waals surface area contributed by atoms with Gasteiger partial charge in [0.25, 0.3) is 5.91 Å². The molecule has 0 spiro atoms. The number of halogens is 1. The van der Waals surface area contributed by atoms with Crippen molar-refractivity contribution >= 4 is 17.5 Å². The van der Waals surface area contributed by atoms with Gasteiger partial charge in [-0.1, -0.05) is 11.6 Å². The highest BCUT2D eigenvalue weighted by atomic mass is 35.5. The molecule has 2 aromatic rings. The van der Waals surface area contributed by atoms with Crippen molar-refractivity contribution in [3.05, 3.63) is 29.3 Å². The Morgan fingerprint density at radius 3 is 2.95 bits per heavy atom. The number of carbonyl (C=O) groups is 1. The Labute approximate surface area is 132 Å². The first-order chi connectivity index (χ1) is 10.5. The van der Waals surface area contributed by atoms with E-state index in [9.17, 15) is 4.79 Å². The largest absolute Gasteiger partial charge is 0.363 e. The van der Waals surface area contributed by atoms with E-state index in [1.54, 1.807) is 17.2 Å². The van der Waals surface area contributed by atoms with Gasteiger partial charge in [0.1, 0.15) is 17.3 Å². The van der Waals surface area contributed by atoms with Crippen molar-refractivity contribution in [3.63, 3.8) is 0 Å². The molecule has 2 N–H and O–H groups in total. The lowest BCUT2D eigenvalue weighted by molar-refractivity contribution is 0.0988. The predicted octanol–water partition coefficient (Wildman–Crippen LogP) is 0.601. The summed E-state index contributed by atoms with van der Waals surface area (Å²) in [6.07, 6.45) is 5.29. The smallest absolute Gasteiger partial charge is 0.288 e. The van der Waals surface area contributed by atoms with Gasteiger partial charge in [0.2, 0.25) is 5.82 Å². The first-order valence-corrected chi connectivity index (χ1v) is 7.52. The molecule has 22 heavy (non-hydrogen) atoms. The molecular formula is C13H18ClN7O. The minimum atomic E-state index is -0.603. The van der Waals surface area contributed by atoms with Crippen molar-refractivity contribution in [2.45, 2.75) is 25.4 Å². The highest BCUT2D eigenvalue weighted by Crippen LogP contribution is 2.22. The summed E-state index contributed by atoms with van der Waals surface area (Å²) in [5.74, 6) is 0.393. The van der Waals surface area contributed by atoms with Crippen LogP contribution in [-0.4, -0.2) is 48.2 Å². The van der Waals surface area contributed by atoms with Crippen LogP contribution in [0.4, 0.5) is 0 Å². The second kappa shape index (κ2) is 6.05. The zero-order valence-corrected chi connectivity index (χ0v) is 13.1. The molecule has 0 radical (unpaired) electrons. The van der Waals surface area contributed by atoms with E-state index in [1.165, 1.54) is 0 Å². The maximum atomic E-state index is 11.1. The number of imidazole rings is 1. The summed E-state index contributed by atoms with van der Waals surface area (Å²) >= 11 is 6.02. The van der Waals surface area contributed by atoms with Crippen LogP contribution >= 0.6 is 11.6 Å². The highest BCUT2D eigenvalue weighted by Gasteiger charge is 2.24. The van der Waals surface area contributed by atoms with Crippen molar-refractivity contribution in [3.8, 4) is 0 Å². The zero-order valence-electron chi connectivity index (χ0n) is 12.3. The zero-order chi connectivity index (χ0) is 15.7. The number of aromatic nitrogens is 5. The number of nitrogens with two attached hydrogens (primary N) is 1. The normalized spacial score (nSPS) is 19.5. The van der Waals surface area contributed by atoms with Crippen molar-refractivity contribution < 1.29 is 4.79 Å². The third-order valence-corrected chi connectivity index (χ3v) is 4.33. The molecule has 9 heteroatoms. The molecular weight excluding hydrogens is 306 g/mol. The summed E-state index contributed by atoms with van der Waals surface area (Å²) in [7, 11) is 1.91. The van der Waals surface area contributed by atoms with E-state index >= 15 is 0 Å². The molecule has 3 heterocycles. The monoisotopic (exact) mass is 323 g/mol. The average Bonchev–Trinajstić information content (AvgIpc) is 3.11. The SMILES string of the molecule is Cn1c(Cl)cnc1CN1CCCC(n2cnc(C(N)=O)n2)C1. The maximum Gasteiger partial charge on any atom is 0.288 e. The van der Waals surface area contributed by atoms with E-state index in [1.807, 2.05) is 11.6 Å². The van der Waals surface area contributed by atoms with Crippen LogP contribution in [0.2, 0.25) is 5.15 Å². The van der Waals surface area contributed by atoms with Crippen LogP contribution < -0.4 is 5.73 Å². The molecule has 3 rings (SSSR count). The lowest BCUT2D eigenvalue weighted by Crippen LogP contribution is -2.37. The average molecular weight is 324 g/mol. The summed E-state index contributed by atoms with van der Waals surface area (Å²) < 4.78 is 3.61. The minimum Gasteiger partial charge on any atom is -0.363 e. The Bertz CT molecular complexity index is 680. The molecule has 0 bridgehead atoms. The van der Waals surface area contributed by atoms with Crippen LogP contribution in [0.3, 0.4) is 0 Å². The Morgan fingerprint density at radius 1 is 1.50 bits per heavy atom. The number of nitrogens with zero attached hydrogens (tertiary/aromatic N) is 6. The van der Waals surface area contributed by atoms with Crippen molar-refractivity contribution in [2.24, 2.45) is 12.8 Å². The molecule has 0 aromatic carbocycles. The second-order valence-corrected chi connectivity index (χ2v) is 5.89. The molecule has 1 saturated heterocycles. The van der Waals surface area contributed by atoms with Gasteiger partial charge in [-0.15, -0.1) is 5.10 Å². The van der Waals surface area contributed by atoms with Crippen LogP contribution in [0, 0.1) is 0 Å². The van der Waals surface area contributed by atoms with Crippen LogP contribution in [0.15, 0.2) is 12.5 Å². The Hall–Kier alpha value is -1.93. The van der Waals surface area contributed by atoms with E-state index in [0.717, 1.165) is 38.3 Å². The molecule has 1 aliphatic heterocycles. The summed E-state index contributed by atoms with van der Waals surface area (Å²) in [4.78, 5) is 21.7. The quantitative estimate of drug-likeness (QED) is 0.889. The molecule has 0 saturated carbocycles. The number of primary amides is 1. The van der Waals surface area contributed by atoms with Gasteiger partial charge < -0.3 is 10.3 Å². The lowest BCUT2D eigenvalue weighted by atomic mass is 10.1. The van der Waals surface area contributed by atoms with Crippen LogP contribution in [0.1, 0.15) is 35.3 Å². The van der Waals surface area contributed by atoms with E-state index in [-0.39, 0.29) is 11.9 Å². The number of hydrogen-bond acceptors (Lipinski definition) is 5. The molecule has 0 aliphatic carbocycles. The summed E-state index contributed by atoms with van der Waals surface area (Å²) in [6.45, 7) is 2.56. The molecule has 1 atom stereocenters. The van der Waals surface area contributed by atoms with Crippen LogP contribution in [0.5, 0.6) is 0 Å². The van der Waals surface area contributed by atoms with Gasteiger partial charge in [0.05, 0.1) is 18.8 Å². The van der Waals surface area contributed by atoms with Gasteiger partial charge in [0, 0.05) is 13.6 Å². The first-order valence-electron chi connectivity index (χ1n) is 7.14. The highest BCUT2D eigenvalue weighted by molar-refractivity contribution is 6.29. The fourth-order valence-corrected chi connectivity index (χ4v) is 2.87. The van der Waals surface area contributed by atoms with Crippen molar-refractivity contribution in [1.82, 2.24) is 29.2 Å². The molecule has 1 unspecified atom stereocenters. The maximum absolute atomic E-state index is 11.1. The number of piperidine rings is 1. The summed E-state index contributed by atoms with van der Waals surface area (Å²) in [5, 5.41) is 4.79. The number of amides is 1. The van der Waals surface area contributed by atoms with Gasteiger partial charge in [-0.05, 0) is 19.4 Å². The third kappa shape index (κ3) is 2.97. The number of hydrogen-bond donors (Lipinski definition) is 1. The topological polar surface area (TPSA) is 94.9 Å². The molecule has 1 fully saturated rings.